The first kappa shape index (κ1) is 23.6. The minimum absolute atomic E-state index is 0.0465. The molecule has 7 heteroatoms. The van der Waals surface area contributed by atoms with E-state index < -0.39 is 9.84 Å². The summed E-state index contributed by atoms with van der Waals surface area (Å²) in [6.45, 7) is 5.98. The zero-order valence-corrected chi connectivity index (χ0v) is 19.7. The van der Waals surface area contributed by atoms with Gasteiger partial charge in [0.2, 0.25) is 11.8 Å². The second-order valence-corrected chi connectivity index (χ2v) is 13.3. The van der Waals surface area contributed by atoms with E-state index in [4.69, 9.17) is 0 Å². The quantitative estimate of drug-likeness (QED) is 0.635. The largest absolute Gasteiger partial charge is 0.353 e. The fourth-order valence-corrected chi connectivity index (χ4v) is 7.22. The van der Waals surface area contributed by atoms with Gasteiger partial charge in [0.15, 0.2) is 9.84 Å². The summed E-state index contributed by atoms with van der Waals surface area (Å²) in [7, 11) is -2.95. The molecule has 172 valence electrons. The molecule has 30 heavy (non-hydrogen) atoms. The minimum Gasteiger partial charge on any atom is -0.353 e. The van der Waals surface area contributed by atoms with E-state index in [1.54, 1.807) is 0 Å². The molecule has 2 N–H and O–H groups in total. The summed E-state index contributed by atoms with van der Waals surface area (Å²) in [6, 6.07) is 0.159. The zero-order valence-electron chi connectivity index (χ0n) is 18.9. The monoisotopic (exact) mass is 440 g/mol. The van der Waals surface area contributed by atoms with E-state index in [0.717, 1.165) is 51.4 Å². The normalized spacial score (nSPS) is 30.5. The van der Waals surface area contributed by atoms with Crippen molar-refractivity contribution in [2.75, 3.05) is 5.75 Å². The Morgan fingerprint density at radius 2 is 1.40 bits per heavy atom. The Kier molecular flexibility index (Phi) is 7.52. The molecule has 0 aromatic rings. The van der Waals surface area contributed by atoms with Gasteiger partial charge in [-0.15, -0.1) is 0 Å². The Labute approximate surface area is 182 Å². The Bertz CT molecular complexity index is 708. The van der Waals surface area contributed by atoms with Gasteiger partial charge < -0.3 is 10.6 Å². The van der Waals surface area contributed by atoms with Gasteiger partial charge in [0.1, 0.15) is 0 Å². The number of rotatable bonds is 7. The van der Waals surface area contributed by atoms with Crippen LogP contribution >= 0.6 is 0 Å². The number of nitrogens with one attached hydrogen (secondary N) is 2. The highest BCUT2D eigenvalue weighted by molar-refractivity contribution is 7.92. The van der Waals surface area contributed by atoms with Gasteiger partial charge in [-0.05, 0) is 96.8 Å². The Morgan fingerprint density at radius 1 is 0.833 bits per heavy atom. The summed E-state index contributed by atoms with van der Waals surface area (Å²) >= 11 is 0. The summed E-state index contributed by atoms with van der Waals surface area (Å²) < 4.78 is 24.9. The highest BCUT2D eigenvalue weighted by Crippen LogP contribution is 2.36. The first-order chi connectivity index (χ1) is 14.0. The van der Waals surface area contributed by atoms with Crippen molar-refractivity contribution >= 4 is 21.7 Å². The molecule has 3 fully saturated rings. The molecular weight excluding hydrogens is 400 g/mol. The fourth-order valence-electron chi connectivity index (χ4n) is 4.96. The highest BCUT2D eigenvalue weighted by Gasteiger charge is 2.36. The minimum atomic E-state index is -2.95. The van der Waals surface area contributed by atoms with E-state index in [9.17, 15) is 18.0 Å². The van der Waals surface area contributed by atoms with Crippen LogP contribution in [0.4, 0.5) is 0 Å². The molecule has 0 spiro atoms. The Morgan fingerprint density at radius 3 is 1.93 bits per heavy atom. The molecule has 0 atom stereocenters. The molecule has 3 aliphatic carbocycles. The molecule has 0 aliphatic heterocycles. The maximum atomic E-state index is 12.5. The van der Waals surface area contributed by atoms with Crippen LogP contribution in [0.2, 0.25) is 0 Å². The second kappa shape index (κ2) is 9.58. The van der Waals surface area contributed by atoms with Crippen molar-refractivity contribution in [2.24, 2.45) is 17.8 Å². The van der Waals surface area contributed by atoms with E-state index in [2.05, 4.69) is 10.6 Å². The lowest BCUT2D eigenvalue weighted by Gasteiger charge is -2.32. The molecule has 0 radical (unpaired) electrons. The van der Waals surface area contributed by atoms with Crippen molar-refractivity contribution in [1.82, 2.24) is 10.6 Å². The summed E-state index contributed by atoms with van der Waals surface area (Å²) in [6.07, 6.45) is 9.05. The van der Waals surface area contributed by atoms with Crippen LogP contribution < -0.4 is 10.6 Å². The van der Waals surface area contributed by atoms with Crippen LogP contribution in [0.25, 0.3) is 0 Å². The molecule has 0 unspecified atom stereocenters. The number of hydrogen-bond donors (Lipinski definition) is 2. The van der Waals surface area contributed by atoms with Gasteiger partial charge in [-0.3, -0.25) is 9.59 Å². The van der Waals surface area contributed by atoms with E-state index in [-0.39, 0.29) is 34.6 Å². The van der Waals surface area contributed by atoms with Crippen LogP contribution in [-0.2, 0) is 19.4 Å². The number of sulfone groups is 1. The molecule has 0 aromatic heterocycles. The van der Waals surface area contributed by atoms with Crippen molar-refractivity contribution < 1.29 is 18.0 Å². The van der Waals surface area contributed by atoms with Gasteiger partial charge in [-0.25, -0.2) is 8.42 Å². The van der Waals surface area contributed by atoms with Gasteiger partial charge in [-0.2, -0.15) is 0 Å². The predicted molar refractivity (Wildman–Crippen MR) is 119 cm³/mol. The van der Waals surface area contributed by atoms with Gasteiger partial charge in [0.05, 0.1) is 11.0 Å². The number of amides is 2. The molecule has 0 aromatic carbocycles. The van der Waals surface area contributed by atoms with Crippen LogP contribution in [0, 0.1) is 17.8 Å². The molecule has 0 saturated heterocycles. The smallest absolute Gasteiger partial charge is 0.223 e. The van der Waals surface area contributed by atoms with E-state index in [1.807, 2.05) is 20.8 Å². The van der Waals surface area contributed by atoms with E-state index in [1.165, 1.54) is 0 Å². The lowest BCUT2D eigenvalue weighted by Crippen LogP contribution is -2.46. The molecule has 2 amide bonds. The van der Waals surface area contributed by atoms with Gasteiger partial charge in [-0.1, -0.05) is 0 Å². The van der Waals surface area contributed by atoms with Crippen LogP contribution in [-0.4, -0.2) is 42.8 Å². The van der Waals surface area contributed by atoms with Crippen LogP contribution in [0.3, 0.4) is 0 Å². The first-order valence-electron chi connectivity index (χ1n) is 11.8. The highest BCUT2D eigenvalue weighted by atomic mass is 32.2. The van der Waals surface area contributed by atoms with Gasteiger partial charge in [0.25, 0.3) is 0 Å². The molecular formula is C23H40N2O4S. The maximum absolute atomic E-state index is 12.5. The molecule has 3 aliphatic rings. The van der Waals surface area contributed by atoms with Crippen molar-refractivity contribution in [3.8, 4) is 0 Å². The summed E-state index contributed by atoms with van der Waals surface area (Å²) in [5, 5.41) is 6.03. The van der Waals surface area contributed by atoms with Crippen LogP contribution in [0.5, 0.6) is 0 Å². The van der Waals surface area contributed by atoms with Gasteiger partial charge >= 0.3 is 0 Å². The van der Waals surface area contributed by atoms with Crippen molar-refractivity contribution in [1.29, 1.82) is 0 Å². The number of hydrogen-bond acceptors (Lipinski definition) is 4. The Hall–Kier alpha value is -1.11. The molecule has 0 bridgehead atoms. The number of carbonyl (C=O) groups is 2. The zero-order chi connectivity index (χ0) is 21.9. The third-order valence-electron chi connectivity index (χ3n) is 6.90. The van der Waals surface area contributed by atoms with Crippen molar-refractivity contribution in [3.63, 3.8) is 0 Å². The standard InChI is InChI=1S/C23H40N2O4S/c1-23(2,3)25-22(27)18-8-10-19(11-9-18)24-21(26)14-16-6-12-20(13-7-16)30(28,29)15-17-4-5-17/h16-20H,4-15H2,1-3H3,(H,24,26)(H,25,27). The SMILES string of the molecule is CC(C)(C)NC(=O)C1CCC(NC(=O)CC2CCC(S(=O)(=O)CC3CC3)CC2)CC1. The molecule has 3 saturated carbocycles. The molecule has 0 heterocycles. The average Bonchev–Trinajstić information content (AvgIpc) is 3.44. The fraction of sp³-hybridized carbons (Fsp3) is 0.913. The van der Waals surface area contributed by atoms with Crippen molar-refractivity contribution in [3.05, 3.63) is 0 Å². The molecule has 3 rings (SSSR count). The third kappa shape index (κ3) is 7.24. The lowest BCUT2D eigenvalue weighted by atomic mass is 9.84. The summed E-state index contributed by atoms with van der Waals surface area (Å²) in [5.74, 6) is 1.34. The van der Waals surface area contributed by atoms with E-state index in [0.29, 0.717) is 36.9 Å². The lowest BCUT2D eigenvalue weighted by molar-refractivity contribution is -0.127. The van der Waals surface area contributed by atoms with Crippen molar-refractivity contribution in [2.45, 2.75) is 108 Å². The van der Waals surface area contributed by atoms with Gasteiger partial charge in [0, 0.05) is 23.9 Å². The van der Waals surface area contributed by atoms with E-state index >= 15 is 0 Å². The Balaban J connectivity index is 1.34. The number of carbonyl (C=O) groups excluding carboxylic acids is 2. The average molecular weight is 441 g/mol. The summed E-state index contributed by atoms with van der Waals surface area (Å²) in [5.41, 5.74) is -0.210. The van der Waals surface area contributed by atoms with Crippen LogP contribution in [0.1, 0.15) is 91.4 Å². The molecule has 6 nitrogen and oxygen atoms in total. The summed E-state index contributed by atoms with van der Waals surface area (Å²) in [4.78, 5) is 24.8. The third-order valence-corrected chi connectivity index (χ3v) is 9.33. The predicted octanol–water partition coefficient (Wildman–Crippen LogP) is 3.35. The maximum Gasteiger partial charge on any atom is 0.223 e. The van der Waals surface area contributed by atoms with Crippen LogP contribution in [0.15, 0.2) is 0 Å². The topological polar surface area (TPSA) is 92.3 Å². The second-order valence-electron chi connectivity index (χ2n) is 11.0. The first-order valence-corrected chi connectivity index (χ1v) is 13.6.